The predicted molar refractivity (Wildman–Crippen MR) is 69.3 cm³/mol. The second kappa shape index (κ2) is 3.95. The first-order chi connectivity index (χ1) is 7.86. The van der Waals surface area contributed by atoms with E-state index in [0.717, 1.165) is 19.6 Å². The number of rotatable bonds is 1. The minimum absolute atomic E-state index is 0.341. The molecule has 1 fully saturated rings. The van der Waals surface area contributed by atoms with E-state index in [0.29, 0.717) is 5.41 Å². The number of hydrogen-bond acceptors (Lipinski definition) is 4. The number of hydrogen-bond donors (Lipinski definition) is 2. The van der Waals surface area contributed by atoms with Gasteiger partial charge in [-0.05, 0) is 37.6 Å². The molecule has 4 heteroatoms. The van der Waals surface area contributed by atoms with E-state index in [9.17, 15) is 0 Å². The highest BCUT2D eigenvalue weighted by Gasteiger charge is 2.43. The first-order valence-electron chi connectivity index (χ1n) is 5.80. The molecular weight excluding hydrogens is 218 g/mol. The summed E-state index contributed by atoms with van der Waals surface area (Å²) in [6.07, 6.45) is 2.45. The van der Waals surface area contributed by atoms with Crippen molar-refractivity contribution >= 4 is 17.8 Å². The summed E-state index contributed by atoms with van der Waals surface area (Å²) in [4.78, 5) is 0. The predicted octanol–water partition coefficient (Wildman–Crippen LogP) is 1.65. The fourth-order valence-corrected chi connectivity index (χ4v) is 3.61. The molecule has 16 heavy (non-hydrogen) atoms. The minimum atomic E-state index is 0.341. The van der Waals surface area contributed by atoms with Crippen LogP contribution in [0.2, 0.25) is 0 Å². The van der Waals surface area contributed by atoms with Gasteiger partial charge in [0.25, 0.3) is 0 Å². The number of nitrogens with one attached hydrogen (secondary N) is 1. The van der Waals surface area contributed by atoms with Gasteiger partial charge >= 0.3 is 0 Å². The first kappa shape index (κ1) is 10.4. The summed E-state index contributed by atoms with van der Waals surface area (Å²) in [5.74, 6) is 0. The van der Waals surface area contributed by atoms with Crippen LogP contribution in [0, 0.1) is 0 Å². The number of para-hydroxylation sites is 1. The quantitative estimate of drug-likeness (QED) is 0.726. The Morgan fingerprint density at radius 3 is 2.75 bits per heavy atom. The number of anilines is 1. The first-order valence-corrected chi connectivity index (χ1v) is 6.64. The average molecular weight is 235 g/mol. The second-order valence-electron chi connectivity index (χ2n) is 4.69. The lowest BCUT2D eigenvalue weighted by Crippen LogP contribution is -2.42. The SMILES string of the molecule is NSN1CC2(CCNCC2)c2ccccc21. The summed E-state index contributed by atoms with van der Waals surface area (Å²) in [5, 5.41) is 9.21. The van der Waals surface area contributed by atoms with E-state index in [1.54, 1.807) is 0 Å². The highest BCUT2D eigenvalue weighted by atomic mass is 32.2. The molecule has 0 aromatic heterocycles. The van der Waals surface area contributed by atoms with Crippen molar-refractivity contribution in [3.63, 3.8) is 0 Å². The molecule has 0 amide bonds. The van der Waals surface area contributed by atoms with Crippen molar-refractivity contribution < 1.29 is 0 Å². The average Bonchev–Trinajstić information content (AvgIpc) is 2.66. The number of nitrogens with zero attached hydrogens (tertiary/aromatic N) is 1. The van der Waals surface area contributed by atoms with Crippen molar-refractivity contribution in [3.05, 3.63) is 29.8 Å². The maximum atomic E-state index is 5.77. The molecule has 0 atom stereocenters. The molecule has 0 bridgehead atoms. The Morgan fingerprint density at radius 1 is 1.25 bits per heavy atom. The highest BCUT2D eigenvalue weighted by molar-refractivity contribution is 7.98. The fourth-order valence-electron chi connectivity index (χ4n) is 3.01. The van der Waals surface area contributed by atoms with E-state index < -0.39 is 0 Å². The van der Waals surface area contributed by atoms with Crippen molar-refractivity contribution in [3.8, 4) is 0 Å². The molecule has 0 saturated carbocycles. The van der Waals surface area contributed by atoms with Crippen LogP contribution >= 0.6 is 12.1 Å². The molecule has 0 radical (unpaired) electrons. The monoisotopic (exact) mass is 235 g/mol. The molecule has 0 unspecified atom stereocenters. The number of nitrogens with two attached hydrogens (primary N) is 1. The van der Waals surface area contributed by atoms with Crippen LogP contribution in [0.15, 0.2) is 24.3 Å². The number of benzene rings is 1. The molecule has 1 aromatic carbocycles. The molecule has 3 rings (SSSR count). The van der Waals surface area contributed by atoms with Crippen LogP contribution in [-0.4, -0.2) is 19.6 Å². The zero-order valence-corrected chi connectivity index (χ0v) is 10.1. The van der Waals surface area contributed by atoms with Crippen LogP contribution in [0.3, 0.4) is 0 Å². The van der Waals surface area contributed by atoms with Crippen LogP contribution in [0.5, 0.6) is 0 Å². The summed E-state index contributed by atoms with van der Waals surface area (Å²) >= 11 is 1.36. The molecule has 2 aliphatic heterocycles. The van der Waals surface area contributed by atoms with Gasteiger partial charge in [-0.25, -0.2) is 0 Å². The van der Waals surface area contributed by atoms with E-state index in [2.05, 4.69) is 33.9 Å². The molecule has 1 saturated heterocycles. The van der Waals surface area contributed by atoms with E-state index in [1.165, 1.54) is 36.2 Å². The topological polar surface area (TPSA) is 41.3 Å². The third-order valence-corrected chi connectivity index (χ3v) is 4.46. The third kappa shape index (κ3) is 1.44. The van der Waals surface area contributed by atoms with Crippen molar-refractivity contribution in [2.24, 2.45) is 5.14 Å². The maximum Gasteiger partial charge on any atom is 0.0520 e. The third-order valence-electron chi connectivity index (χ3n) is 3.88. The van der Waals surface area contributed by atoms with E-state index >= 15 is 0 Å². The molecule has 2 aliphatic rings. The van der Waals surface area contributed by atoms with Gasteiger partial charge in [0.15, 0.2) is 0 Å². The normalized spacial score (nSPS) is 22.4. The Kier molecular flexibility index (Phi) is 2.58. The van der Waals surface area contributed by atoms with Crippen LogP contribution in [0.4, 0.5) is 5.69 Å². The lowest BCUT2D eigenvalue weighted by atomic mass is 9.75. The maximum absolute atomic E-state index is 5.77. The van der Waals surface area contributed by atoms with Gasteiger partial charge in [0.1, 0.15) is 0 Å². The van der Waals surface area contributed by atoms with E-state index in [1.807, 2.05) is 0 Å². The Labute approximate surface area is 101 Å². The van der Waals surface area contributed by atoms with Crippen LogP contribution < -0.4 is 14.8 Å². The summed E-state index contributed by atoms with van der Waals surface area (Å²) in [7, 11) is 0. The molecular formula is C12H17N3S. The van der Waals surface area contributed by atoms with Crippen LogP contribution in [0.1, 0.15) is 18.4 Å². The van der Waals surface area contributed by atoms with Crippen molar-refractivity contribution in [1.82, 2.24) is 5.32 Å². The van der Waals surface area contributed by atoms with Gasteiger partial charge < -0.3 is 9.62 Å². The second-order valence-corrected chi connectivity index (χ2v) is 5.34. The Bertz CT molecular complexity index is 388. The minimum Gasteiger partial charge on any atom is -0.317 e. The molecule has 0 aliphatic carbocycles. The summed E-state index contributed by atoms with van der Waals surface area (Å²) in [6.45, 7) is 3.31. The molecule has 1 aromatic rings. The Balaban J connectivity index is 2.04. The van der Waals surface area contributed by atoms with Crippen molar-refractivity contribution in [2.75, 3.05) is 23.9 Å². The van der Waals surface area contributed by atoms with Crippen molar-refractivity contribution in [1.29, 1.82) is 0 Å². The smallest absolute Gasteiger partial charge is 0.0520 e. The van der Waals surface area contributed by atoms with E-state index in [4.69, 9.17) is 5.14 Å². The number of piperidine rings is 1. The van der Waals surface area contributed by atoms with Crippen LogP contribution in [0.25, 0.3) is 0 Å². The largest absolute Gasteiger partial charge is 0.317 e. The fraction of sp³-hybridized carbons (Fsp3) is 0.500. The summed E-state index contributed by atoms with van der Waals surface area (Å²) < 4.78 is 2.24. The summed E-state index contributed by atoms with van der Waals surface area (Å²) in [6, 6.07) is 8.71. The van der Waals surface area contributed by atoms with Crippen LogP contribution in [-0.2, 0) is 5.41 Å². The Hall–Kier alpha value is -0.710. The van der Waals surface area contributed by atoms with Gasteiger partial charge in [0.2, 0.25) is 0 Å². The molecule has 1 spiro atoms. The molecule has 86 valence electrons. The summed E-state index contributed by atoms with van der Waals surface area (Å²) in [5.41, 5.74) is 3.15. The standard InChI is InChI=1S/C12H17N3S/c13-16-15-9-12(5-7-14-8-6-12)10-3-1-2-4-11(10)15/h1-4,14H,5-9,13H2. The van der Waals surface area contributed by atoms with Gasteiger partial charge in [-0.1, -0.05) is 18.2 Å². The van der Waals surface area contributed by atoms with Crippen molar-refractivity contribution in [2.45, 2.75) is 18.3 Å². The lowest BCUT2D eigenvalue weighted by Gasteiger charge is -2.34. The highest BCUT2D eigenvalue weighted by Crippen LogP contribution is 2.47. The molecule has 3 nitrogen and oxygen atoms in total. The van der Waals surface area contributed by atoms with Gasteiger partial charge in [0.05, 0.1) is 5.69 Å². The molecule has 3 N–H and O–H groups in total. The van der Waals surface area contributed by atoms with Gasteiger partial charge in [-0.15, -0.1) is 0 Å². The number of fused-ring (bicyclic) bond motifs is 2. The Morgan fingerprint density at radius 2 is 2.00 bits per heavy atom. The zero-order chi connectivity index (χ0) is 11.0. The zero-order valence-electron chi connectivity index (χ0n) is 9.28. The van der Waals surface area contributed by atoms with E-state index in [-0.39, 0.29) is 0 Å². The van der Waals surface area contributed by atoms with Gasteiger partial charge in [-0.2, -0.15) is 0 Å². The molecule has 2 heterocycles. The lowest BCUT2D eigenvalue weighted by molar-refractivity contribution is 0.331. The van der Waals surface area contributed by atoms with Gasteiger partial charge in [0, 0.05) is 24.1 Å². The van der Waals surface area contributed by atoms with Gasteiger partial charge in [-0.3, -0.25) is 5.14 Å².